The lowest BCUT2D eigenvalue weighted by Crippen LogP contribution is -2.34. The highest BCUT2D eigenvalue weighted by atomic mass is 19.1. The molecule has 2 atom stereocenters. The Morgan fingerprint density at radius 3 is 2.72 bits per heavy atom. The molecule has 0 amide bonds. The van der Waals surface area contributed by atoms with E-state index in [0.29, 0.717) is 6.04 Å². The average molecular weight is 253 g/mol. The van der Waals surface area contributed by atoms with Crippen molar-refractivity contribution < 1.29 is 9.13 Å². The van der Waals surface area contributed by atoms with E-state index >= 15 is 0 Å². The Balaban J connectivity index is 2.72. The summed E-state index contributed by atoms with van der Waals surface area (Å²) >= 11 is 0. The molecule has 1 rings (SSSR count). The number of likely N-dealkylation sites (N-methyl/N-ethyl adjacent to an activating group) is 1. The average Bonchev–Trinajstić information content (AvgIpc) is 2.34. The van der Waals surface area contributed by atoms with Gasteiger partial charge in [0.15, 0.2) is 0 Å². The standard InChI is InChI=1S/C15H24FNO/c1-5-17-15(8-12(3)18-4)10-13-9-14(16)7-6-11(13)2/h6-7,9,12,15,17H,5,8,10H2,1-4H3. The molecular formula is C15H24FNO. The van der Waals surface area contributed by atoms with Crippen LogP contribution in [0.25, 0.3) is 0 Å². The summed E-state index contributed by atoms with van der Waals surface area (Å²) in [5.74, 6) is -0.161. The fourth-order valence-electron chi connectivity index (χ4n) is 2.15. The van der Waals surface area contributed by atoms with Crippen LogP contribution in [-0.4, -0.2) is 25.8 Å². The lowest BCUT2D eigenvalue weighted by molar-refractivity contribution is 0.101. The molecule has 0 aliphatic rings. The van der Waals surface area contributed by atoms with Crippen LogP contribution in [0.2, 0.25) is 0 Å². The van der Waals surface area contributed by atoms with E-state index in [4.69, 9.17) is 4.74 Å². The first-order valence-corrected chi connectivity index (χ1v) is 6.58. The van der Waals surface area contributed by atoms with Crippen molar-refractivity contribution in [1.82, 2.24) is 5.32 Å². The fourth-order valence-corrected chi connectivity index (χ4v) is 2.15. The van der Waals surface area contributed by atoms with Gasteiger partial charge in [-0.3, -0.25) is 0 Å². The summed E-state index contributed by atoms with van der Waals surface area (Å²) in [5, 5.41) is 3.44. The molecular weight excluding hydrogens is 229 g/mol. The van der Waals surface area contributed by atoms with E-state index in [9.17, 15) is 4.39 Å². The van der Waals surface area contributed by atoms with Crippen molar-refractivity contribution in [1.29, 1.82) is 0 Å². The number of benzene rings is 1. The van der Waals surface area contributed by atoms with Gasteiger partial charge in [-0.2, -0.15) is 0 Å². The number of aryl methyl sites for hydroxylation is 1. The van der Waals surface area contributed by atoms with Gasteiger partial charge in [0.25, 0.3) is 0 Å². The predicted molar refractivity (Wildman–Crippen MR) is 73.4 cm³/mol. The van der Waals surface area contributed by atoms with Crippen LogP contribution in [0.5, 0.6) is 0 Å². The monoisotopic (exact) mass is 253 g/mol. The molecule has 1 N–H and O–H groups in total. The minimum atomic E-state index is -0.161. The van der Waals surface area contributed by atoms with Crippen LogP contribution in [0, 0.1) is 12.7 Å². The molecule has 0 aliphatic heterocycles. The Labute approximate surface area is 110 Å². The second-order valence-corrected chi connectivity index (χ2v) is 4.81. The fraction of sp³-hybridized carbons (Fsp3) is 0.600. The molecule has 3 heteroatoms. The van der Waals surface area contributed by atoms with Gasteiger partial charge in [-0.05, 0) is 56.5 Å². The van der Waals surface area contributed by atoms with Gasteiger partial charge in [0.2, 0.25) is 0 Å². The van der Waals surface area contributed by atoms with Gasteiger partial charge in [0.05, 0.1) is 6.10 Å². The number of nitrogens with one attached hydrogen (secondary N) is 1. The molecule has 102 valence electrons. The molecule has 1 aromatic carbocycles. The van der Waals surface area contributed by atoms with E-state index in [0.717, 1.165) is 30.5 Å². The van der Waals surface area contributed by atoms with Crippen molar-refractivity contribution in [3.8, 4) is 0 Å². The summed E-state index contributed by atoms with van der Waals surface area (Å²) in [6.45, 7) is 7.08. The van der Waals surface area contributed by atoms with Crippen LogP contribution in [0.4, 0.5) is 4.39 Å². The normalized spacial score (nSPS) is 14.5. The lowest BCUT2D eigenvalue weighted by atomic mass is 9.97. The Morgan fingerprint density at radius 2 is 2.11 bits per heavy atom. The molecule has 0 radical (unpaired) electrons. The third-order valence-corrected chi connectivity index (χ3v) is 3.29. The summed E-state index contributed by atoms with van der Waals surface area (Å²) in [4.78, 5) is 0. The number of hydrogen-bond acceptors (Lipinski definition) is 2. The Hall–Kier alpha value is -0.930. The van der Waals surface area contributed by atoms with Gasteiger partial charge in [0.1, 0.15) is 5.82 Å². The summed E-state index contributed by atoms with van der Waals surface area (Å²) in [5.41, 5.74) is 2.22. The van der Waals surface area contributed by atoms with E-state index in [1.807, 2.05) is 13.0 Å². The molecule has 0 fully saturated rings. The highest BCUT2D eigenvalue weighted by molar-refractivity contribution is 5.27. The number of ether oxygens (including phenoxy) is 1. The minimum Gasteiger partial charge on any atom is -0.382 e. The predicted octanol–water partition coefficient (Wildman–Crippen LogP) is 3.08. The van der Waals surface area contributed by atoms with Crippen molar-refractivity contribution in [3.05, 3.63) is 35.1 Å². The molecule has 0 aliphatic carbocycles. The summed E-state index contributed by atoms with van der Waals surface area (Å²) < 4.78 is 18.6. The SMILES string of the molecule is CCNC(Cc1cc(F)ccc1C)CC(C)OC. The zero-order valence-corrected chi connectivity index (χ0v) is 11.8. The first-order valence-electron chi connectivity index (χ1n) is 6.58. The molecule has 2 unspecified atom stereocenters. The maximum absolute atomic E-state index is 13.3. The summed E-state index contributed by atoms with van der Waals surface area (Å²) in [7, 11) is 1.72. The molecule has 0 aromatic heterocycles. The largest absolute Gasteiger partial charge is 0.382 e. The molecule has 18 heavy (non-hydrogen) atoms. The first-order chi connectivity index (χ1) is 8.56. The molecule has 0 saturated carbocycles. The van der Waals surface area contributed by atoms with E-state index in [2.05, 4.69) is 19.2 Å². The van der Waals surface area contributed by atoms with Gasteiger partial charge in [0, 0.05) is 13.2 Å². The molecule has 2 nitrogen and oxygen atoms in total. The smallest absolute Gasteiger partial charge is 0.123 e. The van der Waals surface area contributed by atoms with Gasteiger partial charge in [-0.15, -0.1) is 0 Å². The first kappa shape index (κ1) is 15.1. The van der Waals surface area contributed by atoms with E-state index < -0.39 is 0 Å². The van der Waals surface area contributed by atoms with Crippen molar-refractivity contribution in [2.24, 2.45) is 0 Å². The van der Waals surface area contributed by atoms with Crippen LogP contribution in [0.15, 0.2) is 18.2 Å². The molecule has 0 spiro atoms. The van der Waals surface area contributed by atoms with Gasteiger partial charge in [-0.1, -0.05) is 13.0 Å². The summed E-state index contributed by atoms with van der Waals surface area (Å²) in [6, 6.07) is 5.31. The van der Waals surface area contributed by atoms with Gasteiger partial charge >= 0.3 is 0 Å². The Bertz CT molecular complexity index is 368. The van der Waals surface area contributed by atoms with Crippen LogP contribution < -0.4 is 5.32 Å². The molecule has 0 heterocycles. The third-order valence-electron chi connectivity index (χ3n) is 3.29. The second-order valence-electron chi connectivity index (χ2n) is 4.81. The van der Waals surface area contributed by atoms with Gasteiger partial charge in [-0.25, -0.2) is 4.39 Å². The van der Waals surface area contributed by atoms with Crippen LogP contribution >= 0.6 is 0 Å². The molecule has 0 saturated heterocycles. The quantitative estimate of drug-likeness (QED) is 0.806. The van der Waals surface area contributed by atoms with Crippen LogP contribution in [0.3, 0.4) is 0 Å². The topological polar surface area (TPSA) is 21.3 Å². The zero-order valence-electron chi connectivity index (χ0n) is 11.8. The highest BCUT2D eigenvalue weighted by Crippen LogP contribution is 2.15. The second kappa shape index (κ2) is 7.49. The van der Waals surface area contributed by atoms with Crippen LogP contribution in [0.1, 0.15) is 31.4 Å². The summed E-state index contributed by atoms with van der Waals surface area (Å²) in [6.07, 6.45) is 1.98. The lowest BCUT2D eigenvalue weighted by Gasteiger charge is -2.22. The van der Waals surface area contributed by atoms with Crippen molar-refractivity contribution >= 4 is 0 Å². The van der Waals surface area contributed by atoms with Gasteiger partial charge < -0.3 is 10.1 Å². The van der Waals surface area contributed by atoms with Crippen molar-refractivity contribution in [3.63, 3.8) is 0 Å². The Kier molecular flexibility index (Phi) is 6.30. The third kappa shape index (κ3) is 4.75. The maximum atomic E-state index is 13.3. The van der Waals surface area contributed by atoms with Crippen molar-refractivity contribution in [2.75, 3.05) is 13.7 Å². The van der Waals surface area contributed by atoms with E-state index in [-0.39, 0.29) is 11.9 Å². The number of rotatable bonds is 7. The number of halogens is 1. The minimum absolute atomic E-state index is 0.161. The van der Waals surface area contributed by atoms with Crippen molar-refractivity contribution in [2.45, 2.75) is 45.8 Å². The number of methoxy groups -OCH3 is 1. The Morgan fingerprint density at radius 1 is 1.39 bits per heavy atom. The molecule has 1 aromatic rings. The zero-order chi connectivity index (χ0) is 13.5. The van der Waals surface area contributed by atoms with E-state index in [1.165, 1.54) is 6.07 Å². The molecule has 0 bridgehead atoms. The highest BCUT2D eigenvalue weighted by Gasteiger charge is 2.14. The van der Waals surface area contributed by atoms with E-state index in [1.54, 1.807) is 13.2 Å². The number of hydrogen-bond donors (Lipinski definition) is 1. The van der Waals surface area contributed by atoms with Crippen LogP contribution in [-0.2, 0) is 11.2 Å². The maximum Gasteiger partial charge on any atom is 0.123 e.